The summed E-state index contributed by atoms with van der Waals surface area (Å²) in [6.07, 6.45) is 1.68. The summed E-state index contributed by atoms with van der Waals surface area (Å²) in [6, 6.07) is 20.2. The number of nitrogens with zero attached hydrogens (tertiary/aromatic N) is 1. The number of aliphatic hydroxyl groups excluding tert-OH is 1. The standard InChI is InChI=1S/C30H26BrNO6S/c1-4-37-30(35)26-27(33)25(39-29(26)32-28(34)22-8-6-5-7-18(22)2)16-20-11-14-23(24(15-20)36-3)38-17-19-9-12-21(31)13-10-19/h5-16,33H,4,17H2,1-3H3/b25-16-,32-29?. The molecule has 0 fully saturated rings. The third kappa shape index (κ3) is 6.79. The molecule has 0 unspecified atom stereocenters. The zero-order valence-corrected chi connectivity index (χ0v) is 24.0. The summed E-state index contributed by atoms with van der Waals surface area (Å²) < 4.78 is 17.6. The van der Waals surface area contributed by atoms with Crippen LogP contribution in [0.2, 0.25) is 0 Å². The van der Waals surface area contributed by atoms with E-state index in [2.05, 4.69) is 20.9 Å². The molecule has 1 amide bonds. The zero-order chi connectivity index (χ0) is 27.9. The number of carbonyl (C=O) groups excluding carboxylic acids is 2. The van der Waals surface area contributed by atoms with Gasteiger partial charge in [-0.1, -0.05) is 64.1 Å². The molecule has 39 heavy (non-hydrogen) atoms. The molecule has 9 heteroatoms. The van der Waals surface area contributed by atoms with Crippen molar-refractivity contribution in [1.82, 2.24) is 0 Å². The lowest BCUT2D eigenvalue weighted by atomic mass is 10.1. The fourth-order valence-corrected chi connectivity index (χ4v) is 5.02. The van der Waals surface area contributed by atoms with E-state index < -0.39 is 11.9 Å². The molecule has 0 atom stereocenters. The fraction of sp³-hybridized carbons (Fsp3) is 0.167. The normalized spacial score (nSPS) is 15.1. The van der Waals surface area contributed by atoms with Crippen molar-refractivity contribution in [3.8, 4) is 11.5 Å². The van der Waals surface area contributed by atoms with Gasteiger partial charge in [-0.2, -0.15) is 0 Å². The number of hydrogen-bond donors (Lipinski definition) is 1. The lowest BCUT2D eigenvalue weighted by Crippen LogP contribution is -2.14. The number of aliphatic hydroxyl groups is 1. The van der Waals surface area contributed by atoms with E-state index in [0.717, 1.165) is 27.4 Å². The van der Waals surface area contributed by atoms with E-state index in [4.69, 9.17) is 14.2 Å². The van der Waals surface area contributed by atoms with Gasteiger partial charge in [0, 0.05) is 10.0 Å². The summed E-state index contributed by atoms with van der Waals surface area (Å²) in [6.45, 7) is 3.94. The number of esters is 1. The van der Waals surface area contributed by atoms with Crippen LogP contribution in [-0.4, -0.2) is 35.7 Å². The first-order chi connectivity index (χ1) is 18.8. The quantitative estimate of drug-likeness (QED) is 0.274. The number of aliphatic imine (C=N–C) groups is 1. The Morgan fingerprint density at radius 1 is 1.05 bits per heavy atom. The number of aryl methyl sites for hydroxylation is 1. The maximum atomic E-state index is 12.9. The first-order valence-electron chi connectivity index (χ1n) is 12.0. The van der Waals surface area contributed by atoms with Gasteiger partial charge in [0.05, 0.1) is 18.6 Å². The molecule has 1 N–H and O–H groups in total. The molecule has 1 aliphatic rings. The van der Waals surface area contributed by atoms with E-state index in [1.165, 1.54) is 0 Å². The Hall–Kier alpha value is -3.82. The second kappa shape index (κ2) is 12.8. The van der Waals surface area contributed by atoms with E-state index in [-0.39, 0.29) is 23.0 Å². The van der Waals surface area contributed by atoms with Crippen molar-refractivity contribution in [1.29, 1.82) is 0 Å². The van der Waals surface area contributed by atoms with Crippen LogP contribution < -0.4 is 9.47 Å². The van der Waals surface area contributed by atoms with Crippen LogP contribution in [0, 0.1) is 6.92 Å². The van der Waals surface area contributed by atoms with Gasteiger partial charge in [-0.25, -0.2) is 9.79 Å². The highest BCUT2D eigenvalue weighted by atomic mass is 79.9. The van der Waals surface area contributed by atoms with Crippen LogP contribution in [0.3, 0.4) is 0 Å². The first-order valence-corrected chi connectivity index (χ1v) is 13.7. The molecule has 0 aliphatic carbocycles. The Balaban J connectivity index is 1.62. The van der Waals surface area contributed by atoms with Gasteiger partial charge in [0.1, 0.15) is 23.0 Å². The molecular weight excluding hydrogens is 582 g/mol. The molecule has 0 bridgehead atoms. The second-order valence-electron chi connectivity index (χ2n) is 8.42. The number of rotatable bonds is 8. The van der Waals surface area contributed by atoms with Gasteiger partial charge in [-0.15, -0.1) is 0 Å². The summed E-state index contributed by atoms with van der Waals surface area (Å²) in [4.78, 5) is 30.1. The van der Waals surface area contributed by atoms with E-state index in [1.54, 1.807) is 63.4 Å². The van der Waals surface area contributed by atoms with Crippen molar-refractivity contribution >= 4 is 50.7 Å². The topological polar surface area (TPSA) is 94.4 Å². The smallest absolute Gasteiger partial charge is 0.344 e. The highest BCUT2D eigenvalue weighted by molar-refractivity contribution is 9.10. The average Bonchev–Trinajstić information content (AvgIpc) is 3.22. The van der Waals surface area contributed by atoms with Crippen LogP contribution >= 0.6 is 27.7 Å². The molecule has 4 rings (SSSR count). The molecule has 0 aromatic heterocycles. The lowest BCUT2D eigenvalue weighted by Gasteiger charge is -2.12. The van der Waals surface area contributed by atoms with Gasteiger partial charge < -0.3 is 19.3 Å². The zero-order valence-electron chi connectivity index (χ0n) is 21.6. The van der Waals surface area contributed by atoms with Crippen molar-refractivity contribution in [3.63, 3.8) is 0 Å². The molecule has 200 valence electrons. The molecule has 1 heterocycles. The SMILES string of the molecule is CCOC(=O)C1=C(O)/C(=C/c2ccc(OCc3ccc(Br)cc3)c(OC)c2)SC1=NC(=O)c1ccccc1C. The van der Waals surface area contributed by atoms with Gasteiger partial charge in [-0.05, 0) is 66.9 Å². The van der Waals surface area contributed by atoms with Crippen LogP contribution in [0.15, 0.2) is 92.4 Å². The summed E-state index contributed by atoms with van der Waals surface area (Å²) in [7, 11) is 1.54. The van der Waals surface area contributed by atoms with Crippen LogP contribution in [0.5, 0.6) is 11.5 Å². The highest BCUT2D eigenvalue weighted by Gasteiger charge is 2.34. The third-order valence-corrected chi connectivity index (χ3v) is 7.29. The van der Waals surface area contributed by atoms with Crippen molar-refractivity contribution in [2.75, 3.05) is 13.7 Å². The molecule has 0 saturated heterocycles. The molecule has 0 spiro atoms. The fourth-order valence-electron chi connectivity index (χ4n) is 3.74. The van der Waals surface area contributed by atoms with Crippen molar-refractivity contribution in [2.24, 2.45) is 4.99 Å². The number of benzene rings is 3. The summed E-state index contributed by atoms with van der Waals surface area (Å²) in [5.74, 6) is -0.511. The van der Waals surface area contributed by atoms with Crippen LogP contribution in [0.4, 0.5) is 0 Å². The van der Waals surface area contributed by atoms with E-state index >= 15 is 0 Å². The molecule has 0 radical (unpaired) electrons. The Morgan fingerprint density at radius 2 is 1.79 bits per heavy atom. The Labute approximate surface area is 239 Å². The predicted molar refractivity (Wildman–Crippen MR) is 156 cm³/mol. The van der Waals surface area contributed by atoms with Gasteiger partial charge in [0.15, 0.2) is 11.5 Å². The van der Waals surface area contributed by atoms with E-state index in [1.807, 2.05) is 30.3 Å². The Kier molecular flexibility index (Phi) is 9.27. The Morgan fingerprint density at radius 3 is 2.49 bits per heavy atom. The van der Waals surface area contributed by atoms with Crippen LogP contribution in [0.1, 0.15) is 34.0 Å². The van der Waals surface area contributed by atoms with Crippen molar-refractivity contribution < 1.29 is 28.9 Å². The van der Waals surface area contributed by atoms with Gasteiger partial charge in [0.25, 0.3) is 5.91 Å². The summed E-state index contributed by atoms with van der Waals surface area (Å²) >= 11 is 4.44. The predicted octanol–water partition coefficient (Wildman–Crippen LogP) is 7.05. The average molecular weight is 609 g/mol. The summed E-state index contributed by atoms with van der Waals surface area (Å²) in [5, 5.41) is 11.0. The Bertz CT molecular complexity index is 1490. The number of carbonyl (C=O) groups is 2. The number of ether oxygens (including phenoxy) is 3. The van der Waals surface area contributed by atoms with Crippen LogP contribution in [-0.2, 0) is 16.1 Å². The molecular formula is C30H26BrNO6S. The molecule has 3 aromatic carbocycles. The number of thioether (sulfide) groups is 1. The first kappa shape index (κ1) is 28.2. The lowest BCUT2D eigenvalue weighted by molar-refractivity contribution is -0.138. The van der Waals surface area contributed by atoms with E-state index in [9.17, 15) is 14.7 Å². The van der Waals surface area contributed by atoms with E-state index in [0.29, 0.717) is 34.1 Å². The number of amides is 1. The van der Waals surface area contributed by atoms with Crippen LogP contribution in [0.25, 0.3) is 6.08 Å². The minimum Gasteiger partial charge on any atom is -0.506 e. The van der Waals surface area contributed by atoms with Crippen molar-refractivity contribution in [2.45, 2.75) is 20.5 Å². The van der Waals surface area contributed by atoms with Gasteiger partial charge in [0.2, 0.25) is 0 Å². The maximum absolute atomic E-state index is 12.9. The van der Waals surface area contributed by atoms with Gasteiger partial charge >= 0.3 is 5.97 Å². The second-order valence-corrected chi connectivity index (χ2v) is 10.4. The molecule has 1 aliphatic heterocycles. The largest absolute Gasteiger partial charge is 0.506 e. The minimum atomic E-state index is -0.753. The molecule has 7 nitrogen and oxygen atoms in total. The number of methoxy groups -OCH3 is 1. The minimum absolute atomic E-state index is 0.0758. The van der Waals surface area contributed by atoms with Crippen molar-refractivity contribution in [3.05, 3.63) is 110 Å². The molecule has 0 saturated carbocycles. The highest BCUT2D eigenvalue weighted by Crippen LogP contribution is 2.40. The third-order valence-electron chi connectivity index (χ3n) is 5.74. The maximum Gasteiger partial charge on any atom is 0.344 e. The monoisotopic (exact) mass is 607 g/mol. The summed E-state index contributed by atoms with van der Waals surface area (Å²) in [5.41, 5.74) is 2.71. The number of halogens is 1. The molecule has 3 aromatic rings. The van der Waals surface area contributed by atoms with Gasteiger partial charge in [-0.3, -0.25) is 4.79 Å². The number of hydrogen-bond acceptors (Lipinski definition) is 7.